The monoisotopic (exact) mass is 1340 g/mol. The fraction of sp³-hybridized carbons (Fsp3) is 0.557. The third-order valence-electron chi connectivity index (χ3n) is 15.2. The molecule has 2 unspecified atom stereocenters. The number of esters is 2. The molecule has 97 heavy (non-hydrogen) atoms. The molecule has 0 radical (unpaired) electrons. The summed E-state index contributed by atoms with van der Waals surface area (Å²) in [5.74, 6) is -2.33. The lowest BCUT2D eigenvalue weighted by Crippen LogP contribution is -2.44. The van der Waals surface area contributed by atoms with Crippen molar-refractivity contribution >= 4 is 17.9 Å². The average Bonchev–Trinajstić information content (AvgIpc) is 3.27. The van der Waals surface area contributed by atoms with E-state index in [1.165, 1.54) is 38.5 Å². The molecule has 542 valence electrons. The van der Waals surface area contributed by atoms with Crippen LogP contribution in [0.4, 0.5) is 0 Å². The summed E-state index contributed by atoms with van der Waals surface area (Å²) in [7, 11) is 5.91. The van der Waals surface area contributed by atoms with Crippen LogP contribution in [0, 0.1) is 0 Å². The van der Waals surface area contributed by atoms with E-state index in [2.05, 4.69) is 233 Å². The highest BCUT2D eigenvalue weighted by molar-refractivity contribution is 5.70. The molecule has 0 aromatic heterocycles. The van der Waals surface area contributed by atoms with Crippen molar-refractivity contribution < 1.29 is 42.9 Å². The van der Waals surface area contributed by atoms with Gasteiger partial charge in [0.25, 0.3) is 0 Å². The van der Waals surface area contributed by atoms with Crippen LogP contribution in [0.25, 0.3) is 0 Å². The molecule has 0 amide bonds. The Bertz CT molecular complexity index is 2400. The molecule has 0 aliphatic carbocycles. The molecule has 0 fully saturated rings. The molecule has 0 rings (SSSR count). The van der Waals surface area contributed by atoms with E-state index in [0.29, 0.717) is 23.9 Å². The van der Waals surface area contributed by atoms with Crippen LogP contribution in [0.15, 0.2) is 219 Å². The van der Waals surface area contributed by atoms with Crippen LogP contribution in [0.5, 0.6) is 0 Å². The topological polar surface area (TPSA) is 111 Å². The van der Waals surface area contributed by atoms with Gasteiger partial charge >= 0.3 is 11.9 Å². The molecule has 9 heteroatoms. The van der Waals surface area contributed by atoms with E-state index in [-0.39, 0.29) is 38.6 Å². The molecule has 0 aromatic rings. The fourth-order valence-corrected chi connectivity index (χ4v) is 9.52. The number of ether oxygens (including phenoxy) is 4. The molecule has 0 saturated heterocycles. The summed E-state index contributed by atoms with van der Waals surface area (Å²) >= 11 is 0. The van der Waals surface area contributed by atoms with E-state index < -0.39 is 24.3 Å². The molecule has 0 spiro atoms. The van der Waals surface area contributed by atoms with Crippen LogP contribution < -0.4 is 5.11 Å². The van der Waals surface area contributed by atoms with E-state index >= 15 is 0 Å². The highest BCUT2D eigenvalue weighted by Crippen LogP contribution is 2.15. The number of carbonyl (C=O) groups excluding carboxylic acids is 3. The van der Waals surface area contributed by atoms with Gasteiger partial charge in [0, 0.05) is 12.8 Å². The maximum atomic E-state index is 13.0. The highest BCUT2D eigenvalue weighted by Gasteiger charge is 2.22. The Morgan fingerprint density at radius 3 is 0.825 bits per heavy atom. The minimum absolute atomic E-state index is 0.132. The quantitative estimate of drug-likeness (QED) is 0.0195. The molecule has 0 aliphatic rings. The summed E-state index contributed by atoms with van der Waals surface area (Å²) in [5, 5.41) is 11.9. The number of allylic oxidation sites excluding steroid dienone is 36. The lowest BCUT2D eigenvalue weighted by atomic mass is 10.0. The standard InChI is InChI=1S/C88H137NO8/c1-6-8-10-12-14-16-18-20-22-24-26-28-30-32-34-36-38-39-40-41-42-43-44-45-46-47-49-51-53-55-57-59-61-63-65-67-69-71-73-75-77-79-86(91)97-84(83-96-88(87(92)93)94-81-80-89(3,4)5)82-95-85(90)78-76-74-72-70-68-66-64-62-60-58-56-54-52-50-48-37-35-33-31-29-27-25-23-21-19-17-15-13-11-9-7-2/h8-11,14-17,20-23,26-29,32-35,38-39,41-42,44-45,47-50,53-56,60,62,84,88H,6-7,12-13,18-19,24-25,30-31,36-37,40,43,46,51-52,57-59,61,63-83H2,1-5H3/b10-8-,11-9-,16-14-,17-15-,22-20-,23-21-,28-26-,29-27-,34-32-,35-33-,39-38-,42-41-,45-44-,49-47-,50-48-,55-53-,56-54-,62-60-. The highest BCUT2D eigenvalue weighted by atomic mass is 16.7. The van der Waals surface area contributed by atoms with Crippen molar-refractivity contribution in [2.24, 2.45) is 0 Å². The van der Waals surface area contributed by atoms with Gasteiger partial charge in [-0.2, -0.15) is 0 Å². The van der Waals surface area contributed by atoms with Gasteiger partial charge in [0.1, 0.15) is 13.2 Å². The molecule has 0 aliphatic heterocycles. The second kappa shape index (κ2) is 75.4. The first-order valence-corrected chi connectivity index (χ1v) is 37.9. The zero-order valence-corrected chi connectivity index (χ0v) is 61.9. The SMILES string of the molecule is CC/C=C\C/C=C\C/C=C\C/C=C\C/C=C\C/C=C\C/C=C\C/C=C\C/C=C\C/C=C\CCCCCCCCCCCCC(=O)OC(COC(=O)CCCCCCCC/C=C\C/C=C\C/C=C\C/C=C\C/C=C\C/C=C\C/C=C\C/C=C\CC)COC(OCC[N+](C)(C)C)C(=O)[O-]. The lowest BCUT2D eigenvalue weighted by molar-refractivity contribution is -0.870. The van der Waals surface area contributed by atoms with E-state index in [1.54, 1.807) is 0 Å². The van der Waals surface area contributed by atoms with Crippen LogP contribution in [0.3, 0.4) is 0 Å². The van der Waals surface area contributed by atoms with Gasteiger partial charge in [0.2, 0.25) is 0 Å². The van der Waals surface area contributed by atoms with Gasteiger partial charge < -0.3 is 33.3 Å². The first-order valence-electron chi connectivity index (χ1n) is 37.9. The summed E-state index contributed by atoms with van der Waals surface area (Å²) in [4.78, 5) is 37.6. The number of likely N-dealkylation sites (N-methyl/N-ethyl adjacent to an activating group) is 1. The minimum Gasteiger partial charge on any atom is -0.545 e. The smallest absolute Gasteiger partial charge is 0.306 e. The summed E-state index contributed by atoms with van der Waals surface area (Å²) < 4.78 is 22.8. The van der Waals surface area contributed by atoms with Gasteiger partial charge in [-0.15, -0.1) is 0 Å². The molecule has 0 bridgehead atoms. The molecular weight excluding hydrogens is 1200 g/mol. The van der Waals surface area contributed by atoms with Gasteiger partial charge in [-0.3, -0.25) is 9.59 Å². The maximum absolute atomic E-state index is 13.0. The lowest BCUT2D eigenvalue weighted by Gasteiger charge is -2.26. The first-order chi connectivity index (χ1) is 47.6. The molecule has 0 aromatic carbocycles. The van der Waals surface area contributed by atoms with Gasteiger partial charge in [-0.1, -0.05) is 310 Å². The second-order valence-electron chi connectivity index (χ2n) is 25.5. The Labute approximate surface area is 594 Å². The van der Waals surface area contributed by atoms with Crippen molar-refractivity contribution in [3.05, 3.63) is 219 Å². The normalized spacial score (nSPS) is 13.9. The number of hydrogen-bond acceptors (Lipinski definition) is 8. The predicted octanol–water partition coefficient (Wildman–Crippen LogP) is 23.1. The van der Waals surface area contributed by atoms with E-state index in [4.69, 9.17) is 18.9 Å². The zero-order chi connectivity index (χ0) is 70.4. The van der Waals surface area contributed by atoms with Gasteiger partial charge in [0.15, 0.2) is 12.4 Å². The van der Waals surface area contributed by atoms with Crippen LogP contribution in [-0.4, -0.2) is 82.3 Å². The number of carboxylic acids is 1. The number of hydrogen-bond donors (Lipinski definition) is 0. The molecule has 0 heterocycles. The second-order valence-corrected chi connectivity index (χ2v) is 25.5. The first kappa shape index (κ1) is 90.6. The van der Waals surface area contributed by atoms with E-state index in [0.717, 1.165) is 180 Å². The molecule has 0 saturated carbocycles. The Morgan fingerprint density at radius 1 is 0.309 bits per heavy atom. The van der Waals surface area contributed by atoms with E-state index in [1.807, 2.05) is 21.1 Å². The average molecular weight is 1340 g/mol. The van der Waals surface area contributed by atoms with Gasteiger partial charge in [-0.05, 0) is 154 Å². The summed E-state index contributed by atoms with van der Waals surface area (Å²) in [6.45, 7) is 4.47. The molecule has 2 atom stereocenters. The Kier molecular flexibility index (Phi) is 70.4. The number of rotatable bonds is 67. The van der Waals surface area contributed by atoms with Crippen LogP contribution in [0.1, 0.15) is 258 Å². The van der Waals surface area contributed by atoms with Crippen LogP contribution in [0.2, 0.25) is 0 Å². The van der Waals surface area contributed by atoms with Crippen molar-refractivity contribution in [3.8, 4) is 0 Å². The van der Waals surface area contributed by atoms with Crippen molar-refractivity contribution in [1.82, 2.24) is 0 Å². The van der Waals surface area contributed by atoms with E-state index in [9.17, 15) is 19.5 Å². The number of carbonyl (C=O) groups is 3. The summed E-state index contributed by atoms with van der Waals surface area (Å²) in [6, 6.07) is 0. The number of nitrogens with zero attached hydrogens (tertiary/aromatic N) is 1. The number of carboxylic acid groups (broad SMARTS) is 1. The van der Waals surface area contributed by atoms with Crippen molar-refractivity contribution in [2.45, 2.75) is 270 Å². The van der Waals surface area contributed by atoms with Crippen molar-refractivity contribution in [2.75, 3.05) is 47.5 Å². The summed E-state index contributed by atoms with van der Waals surface area (Å²) in [6.07, 6.45) is 116. The predicted molar refractivity (Wildman–Crippen MR) is 416 cm³/mol. The largest absolute Gasteiger partial charge is 0.545 e. The number of unbranched alkanes of at least 4 members (excludes halogenated alkanes) is 16. The third-order valence-corrected chi connectivity index (χ3v) is 15.2. The Hall–Kier alpha value is -6.39. The molecular formula is C88H137NO8. The van der Waals surface area contributed by atoms with Gasteiger partial charge in [-0.25, -0.2) is 0 Å². The van der Waals surface area contributed by atoms with Crippen molar-refractivity contribution in [1.29, 1.82) is 0 Å². The van der Waals surface area contributed by atoms with Crippen LogP contribution >= 0.6 is 0 Å². The third kappa shape index (κ3) is 76.8. The zero-order valence-electron chi connectivity index (χ0n) is 61.9. The van der Waals surface area contributed by atoms with Crippen molar-refractivity contribution in [3.63, 3.8) is 0 Å². The minimum atomic E-state index is -1.64. The molecule has 9 nitrogen and oxygen atoms in total. The fourth-order valence-electron chi connectivity index (χ4n) is 9.52. The Balaban J connectivity index is 4.21. The Morgan fingerprint density at radius 2 is 0.557 bits per heavy atom. The number of quaternary nitrogens is 1. The van der Waals surface area contributed by atoms with Gasteiger partial charge in [0.05, 0.1) is 40.3 Å². The molecule has 0 N–H and O–H groups in total. The number of aliphatic carboxylic acids is 1. The maximum Gasteiger partial charge on any atom is 0.306 e. The summed E-state index contributed by atoms with van der Waals surface area (Å²) in [5.41, 5.74) is 0. The van der Waals surface area contributed by atoms with Crippen LogP contribution in [-0.2, 0) is 33.3 Å².